The molecule has 2 aliphatic carbocycles. The molecule has 4 fully saturated rings. The zero-order valence-electron chi connectivity index (χ0n) is 17.8. The largest absolute Gasteiger partial charge is 0.443 e. The number of hydrogen-bond acceptors (Lipinski definition) is 6. The number of ether oxygens (including phenoxy) is 4. The van der Waals surface area contributed by atoms with Gasteiger partial charge in [-0.3, -0.25) is 0 Å². The van der Waals surface area contributed by atoms with Crippen molar-refractivity contribution in [1.82, 2.24) is 5.32 Å². The Bertz CT molecular complexity index is 649. The molecule has 2 saturated heterocycles. The van der Waals surface area contributed by atoms with Gasteiger partial charge in [0, 0.05) is 20.3 Å². The van der Waals surface area contributed by atoms with Crippen LogP contribution in [0.5, 0.6) is 0 Å². The summed E-state index contributed by atoms with van der Waals surface area (Å²) in [5, 5.41) is 11.6. The predicted molar refractivity (Wildman–Crippen MR) is 107 cm³/mol. The van der Waals surface area contributed by atoms with Crippen molar-refractivity contribution < 1.29 is 28.8 Å². The molecule has 2 saturated carbocycles. The van der Waals surface area contributed by atoms with Gasteiger partial charge in [-0.05, 0) is 46.0 Å². The Morgan fingerprint density at radius 2 is 2.03 bits per heavy atom. The number of aliphatic hydroxyl groups is 1. The van der Waals surface area contributed by atoms with Crippen LogP contribution < -0.4 is 5.32 Å². The minimum atomic E-state index is -0.380. The quantitative estimate of drug-likeness (QED) is 0.327. The van der Waals surface area contributed by atoms with Crippen LogP contribution in [0.2, 0.25) is 0 Å². The number of aliphatic hydroxyl groups excluding tert-OH is 1. The highest BCUT2D eigenvalue weighted by Gasteiger charge is 2.94. The van der Waals surface area contributed by atoms with Crippen molar-refractivity contribution >= 4 is 6.09 Å². The van der Waals surface area contributed by atoms with E-state index in [1.807, 2.05) is 0 Å². The Hall–Kier alpha value is -1.15. The lowest BCUT2D eigenvalue weighted by Crippen LogP contribution is -2.66. The highest BCUT2D eigenvalue weighted by atomic mass is 16.7. The van der Waals surface area contributed by atoms with Crippen LogP contribution in [-0.2, 0) is 18.9 Å². The Kier molecular flexibility index (Phi) is 5.95. The van der Waals surface area contributed by atoms with Crippen LogP contribution in [-0.4, -0.2) is 67.1 Å². The maximum atomic E-state index is 12.3. The van der Waals surface area contributed by atoms with Crippen molar-refractivity contribution in [2.75, 3.05) is 20.3 Å². The van der Waals surface area contributed by atoms with E-state index in [2.05, 4.69) is 25.2 Å². The van der Waals surface area contributed by atoms with Gasteiger partial charge in [-0.2, -0.15) is 0 Å². The van der Waals surface area contributed by atoms with Crippen LogP contribution >= 0.6 is 0 Å². The van der Waals surface area contributed by atoms with Gasteiger partial charge >= 0.3 is 6.09 Å². The summed E-state index contributed by atoms with van der Waals surface area (Å²) in [5.41, 5.74) is 0.917. The zero-order valence-corrected chi connectivity index (χ0v) is 17.8. The van der Waals surface area contributed by atoms with Crippen molar-refractivity contribution in [3.05, 3.63) is 11.6 Å². The fourth-order valence-electron chi connectivity index (χ4n) is 5.64. The van der Waals surface area contributed by atoms with E-state index in [4.69, 9.17) is 24.1 Å². The molecule has 2 N–H and O–H groups in total. The molecular weight excluding hydrogens is 374 g/mol. The summed E-state index contributed by atoms with van der Waals surface area (Å²) in [6, 6.07) is 0. The smallest absolute Gasteiger partial charge is 0.407 e. The van der Waals surface area contributed by atoms with E-state index < -0.39 is 0 Å². The molecule has 5 unspecified atom stereocenters. The summed E-state index contributed by atoms with van der Waals surface area (Å²) >= 11 is 0. The molecule has 7 heteroatoms. The monoisotopic (exact) mass is 409 g/mol. The van der Waals surface area contributed by atoms with Gasteiger partial charge < -0.3 is 29.4 Å². The first-order valence-electron chi connectivity index (χ1n) is 11.1. The maximum Gasteiger partial charge on any atom is 0.407 e. The average Bonchev–Trinajstić information content (AvgIpc) is 3.57. The Balaban J connectivity index is 1.29. The van der Waals surface area contributed by atoms with Crippen LogP contribution in [0.4, 0.5) is 4.79 Å². The third kappa shape index (κ3) is 3.60. The lowest BCUT2D eigenvalue weighted by atomic mass is 9.55. The first-order chi connectivity index (χ1) is 14.0. The molecule has 0 radical (unpaired) electrons. The van der Waals surface area contributed by atoms with Gasteiger partial charge in [0.25, 0.3) is 0 Å². The molecule has 0 aromatic carbocycles. The van der Waals surface area contributed by atoms with Crippen LogP contribution in [0.25, 0.3) is 0 Å². The summed E-state index contributed by atoms with van der Waals surface area (Å²) in [6.07, 6.45) is 7.92. The van der Waals surface area contributed by atoms with Crippen molar-refractivity contribution in [3.8, 4) is 0 Å². The molecule has 4 aliphatic rings. The minimum Gasteiger partial charge on any atom is -0.443 e. The third-order valence-corrected chi connectivity index (χ3v) is 7.08. The number of hydrogen-bond donors (Lipinski definition) is 2. The van der Waals surface area contributed by atoms with E-state index in [-0.39, 0.29) is 54.2 Å². The number of amides is 1. The van der Waals surface area contributed by atoms with Crippen molar-refractivity contribution in [1.29, 1.82) is 0 Å². The number of epoxide rings is 2. The molecule has 0 bridgehead atoms. The normalized spacial score (nSPS) is 41.0. The maximum absolute atomic E-state index is 12.3. The van der Waals surface area contributed by atoms with Gasteiger partial charge in [0.05, 0.1) is 12.0 Å². The van der Waals surface area contributed by atoms with Crippen molar-refractivity contribution in [2.24, 2.45) is 5.92 Å². The van der Waals surface area contributed by atoms with Crippen molar-refractivity contribution in [2.45, 2.75) is 94.4 Å². The molecule has 0 aromatic heterocycles. The standard InChI is InChI=1S/C22H35NO6/c1-14(2)8-9-16-22(28-16)18-17(26-3)15(10-11-21(18)19(22)29-21)27-20(25)23-12-6-4-5-7-13-24/h8,15-19,24H,4-7,9-13H2,1-3H3,(H,23,25)/t15?,16-,17?,18?,19?,21-,22?/m1/s1. The van der Waals surface area contributed by atoms with E-state index in [0.29, 0.717) is 6.54 Å². The van der Waals surface area contributed by atoms with E-state index in [1.54, 1.807) is 7.11 Å². The Morgan fingerprint density at radius 1 is 1.24 bits per heavy atom. The molecule has 29 heavy (non-hydrogen) atoms. The number of alkyl carbamates (subject to hydrolysis) is 1. The zero-order chi connectivity index (χ0) is 20.6. The summed E-state index contributed by atoms with van der Waals surface area (Å²) < 4.78 is 23.9. The van der Waals surface area contributed by atoms with Gasteiger partial charge in [-0.15, -0.1) is 0 Å². The summed E-state index contributed by atoms with van der Waals surface area (Å²) in [5.74, 6) is 0.130. The van der Waals surface area contributed by atoms with Gasteiger partial charge in [-0.25, -0.2) is 4.79 Å². The Labute approximate surface area is 173 Å². The highest BCUT2D eigenvalue weighted by molar-refractivity contribution is 5.67. The third-order valence-electron chi connectivity index (χ3n) is 7.08. The Morgan fingerprint density at radius 3 is 2.76 bits per heavy atom. The first kappa shape index (κ1) is 21.1. The van der Waals surface area contributed by atoms with Crippen molar-refractivity contribution in [3.63, 3.8) is 0 Å². The van der Waals surface area contributed by atoms with Crippen LogP contribution in [0.3, 0.4) is 0 Å². The lowest BCUT2D eigenvalue weighted by Gasteiger charge is -2.48. The highest BCUT2D eigenvalue weighted by Crippen LogP contribution is 2.77. The molecule has 2 spiro atoms. The van der Waals surface area contributed by atoms with E-state index in [1.165, 1.54) is 5.57 Å². The molecule has 7 atom stereocenters. The number of rotatable bonds is 10. The lowest BCUT2D eigenvalue weighted by molar-refractivity contribution is -0.133. The number of carbonyl (C=O) groups excluding carboxylic acids is 1. The van der Waals surface area contributed by atoms with Gasteiger partial charge in [0.2, 0.25) is 0 Å². The fraction of sp³-hybridized carbons (Fsp3) is 0.864. The van der Waals surface area contributed by atoms with E-state index >= 15 is 0 Å². The summed E-state index contributed by atoms with van der Waals surface area (Å²) in [6.45, 7) is 5.01. The predicted octanol–water partition coefficient (Wildman–Crippen LogP) is 2.70. The molecule has 2 aliphatic heterocycles. The first-order valence-corrected chi connectivity index (χ1v) is 11.1. The molecule has 2 heterocycles. The molecule has 1 amide bonds. The second-order valence-electron chi connectivity index (χ2n) is 9.16. The summed E-state index contributed by atoms with van der Waals surface area (Å²) in [7, 11) is 1.69. The van der Waals surface area contributed by atoms with Gasteiger partial charge in [0.15, 0.2) is 0 Å². The topological polar surface area (TPSA) is 92.9 Å². The second kappa shape index (κ2) is 8.17. The van der Waals surface area contributed by atoms with E-state index in [9.17, 15) is 4.79 Å². The molecule has 7 nitrogen and oxygen atoms in total. The molecule has 4 rings (SSSR count). The van der Waals surface area contributed by atoms with Crippen LogP contribution in [0, 0.1) is 5.92 Å². The molecule has 0 aromatic rings. The van der Waals surface area contributed by atoms with Gasteiger partial charge in [-0.1, -0.05) is 24.5 Å². The van der Waals surface area contributed by atoms with Gasteiger partial charge in [0.1, 0.15) is 29.5 Å². The number of fused-ring (bicyclic) bond motifs is 2. The second-order valence-corrected chi connectivity index (χ2v) is 9.16. The minimum absolute atomic E-state index is 0.122. The summed E-state index contributed by atoms with van der Waals surface area (Å²) in [4.78, 5) is 12.3. The average molecular weight is 410 g/mol. The van der Waals surface area contributed by atoms with Crippen LogP contribution in [0.1, 0.15) is 58.8 Å². The number of carbonyl (C=O) groups is 1. The number of nitrogens with one attached hydrogen (secondary N) is 1. The van der Waals surface area contributed by atoms with Crippen LogP contribution in [0.15, 0.2) is 11.6 Å². The van der Waals surface area contributed by atoms with E-state index in [0.717, 1.165) is 44.9 Å². The number of methoxy groups -OCH3 is 1. The number of unbranched alkanes of at least 4 members (excludes halogenated alkanes) is 3. The fourth-order valence-corrected chi connectivity index (χ4v) is 5.64. The molecular formula is C22H35NO6. The SMILES string of the molecule is COC1C(OC(=O)NCCCCCCO)CC[C@]23OC2C2(O[C@@H]2CC=C(C)C)C13. The molecule has 164 valence electrons. The number of allylic oxidation sites excluding steroid dienone is 1.